The number of nitrogens with zero attached hydrogens (tertiary/aromatic N) is 2. The van der Waals surface area contributed by atoms with E-state index < -0.39 is 0 Å². The van der Waals surface area contributed by atoms with Crippen molar-refractivity contribution in [1.29, 1.82) is 0 Å². The van der Waals surface area contributed by atoms with E-state index in [0.717, 1.165) is 25.8 Å². The van der Waals surface area contributed by atoms with Gasteiger partial charge >= 0.3 is 0 Å². The van der Waals surface area contributed by atoms with Crippen molar-refractivity contribution in [1.82, 2.24) is 15.5 Å². The van der Waals surface area contributed by atoms with E-state index in [2.05, 4.69) is 27.8 Å². The van der Waals surface area contributed by atoms with Crippen LogP contribution in [0.5, 0.6) is 0 Å². The van der Waals surface area contributed by atoms with E-state index in [4.69, 9.17) is 0 Å². The molecule has 0 saturated heterocycles. The highest BCUT2D eigenvalue weighted by Gasteiger charge is 2.14. The van der Waals surface area contributed by atoms with E-state index in [-0.39, 0.29) is 11.9 Å². The molecular formula is C11H20N4OS. The first-order valence-electron chi connectivity index (χ1n) is 6.05. The summed E-state index contributed by atoms with van der Waals surface area (Å²) in [5.74, 6) is -0.129. The van der Waals surface area contributed by atoms with Gasteiger partial charge in [-0.15, -0.1) is 10.2 Å². The molecular weight excluding hydrogens is 236 g/mol. The van der Waals surface area contributed by atoms with Gasteiger partial charge < -0.3 is 10.6 Å². The monoisotopic (exact) mass is 256 g/mol. The molecule has 0 radical (unpaired) electrons. The van der Waals surface area contributed by atoms with Crippen molar-refractivity contribution >= 4 is 22.4 Å². The Kier molecular flexibility index (Phi) is 5.90. The van der Waals surface area contributed by atoms with Gasteiger partial charge in [0.2, 0.25) is 10.1 Å². The van der Waals surface area contributed by atoms with Crippen molar-refractivity contribution in [3.05, 3.63) is 5.01 Å². The lowest BCUT2D eigenvalue weighted by molar-refractivity contribution is 0.0937. The summed E-state index contributed by atoms with van der Waals surface area (Å²) < 4.78 is 0. The van der Waals surface area contributed by atoms with Gasteiger partial charge in [-0.3, -0.25) is 4.79 Å². The maximum Gasteiger partial charge on any atom is 0.282 e. The fourth-order valence-electron chi connectivity index (χ4n) is 1.41. The number of unbranched alkanes of at least 4 members (excludes halogenated alkanes) is 1. The molecule has 0 aliphatic heterocycles. The molecule has 1 unspecified atom stereocenters. The number of aromatic nitrogens is 2. The normalized spacial score (nSPS) is 12.2. The second-order valence-corrected chi connectivity index (χ2v) is 4.94. The van der Waals surface area contributed by atoms with Gasteiger partial charge in [-0.05, 0) is 20.3 Å². The molecule has 1 rings (SSSR count). The predicted molar refractivity (Wildman–Crippen MR) is 70.5 cm³/mol. The molecule has 1 atom stereocenters. The minimum absolute atomic E-state index is 0.129. The number of rotatable bonds is 7. The summed E-state index contributed by atoms with van der Waals surface area (Å²) in [7, 11) is 0. The van der Waals surface area contributed by atoms with Crippen molar-refractivity contribution in [2.75, 3.05) is 11.9 Å². The van der Waals surface area contributed by atoms with Crippen molar-refractivity contribution in [3.63, 3.8) is 0 Å². The summed E-state index contributed by atoms with van der Waals surface area (Å²) in [6.07, 6.45) is 3.27. The zero-order chi connectivity index (χ0) is 12.7. The lowest BCUT2D eigenvalue weighted by Crippen LogP contribution is -2.32. The minimum Gasteiger partial charge on any atom is -0.360 e. The Bertz CT molecular complexity index is 353. The van der Waals surface area contributed by atoms with E-state index in [1.165, 1.54) is 11.3 Å². The van der Waals surface area contributed by atoms with Crippen LogP contribution in [0.1, 0.15) is 49.8 Å². The molecule has 5 nitrogen and oxygen atoms in total. The predicted octanol–water partition coefficient (Wildman–Crippen LogP) is 2.28. The van der Waals surface area contributed by atoms with Crippen molar-refractivity contribution in [2.45, 2.75) is 46.1 Å². The Morgan fingerprint density at radius 1 is 1.41 bits per heavy atom. The first kappa shape index (κ1) is 13.9. The van der Waals surface area contributed by atoms with E-state index in [1.807, 2.05) is 13.8 Å². The molecule has 0 spiro atoms. The van der Waals surface area contributed by atoms with Gasteiger partial charge in [0.05, 0.1) is 0 Å². The van der Waals surface area contributed by atoms with Gasteiger partial charge in [0.15, 0.2) is 0 Å². The average Bonchev–Trinajstić information content (AvgIpc) is 2.75. The fourth-order valence-corrected chi connectivity index (χ4v) is 2.12. The van der Waals surface area contributed by atoms with Crippen LogP contribution in [0.25, 0.3) is 0 Å². The van der Waals surface area contributed by atoms with Crippen molar-refractivity contribution in [3.8, 4) is 0 Å². The van der Waals surface area contributed by atoms with Crippen molar-refractivity contribution in [2.24, 2.45) is 0 Å². The van der Waals surface area contributed by atoms with E-state index in [0.29, 0.717) is 10.1 Å². The highest BCUT2D eigenvalue weighted by atomic mass is 32.1. The first-order chi connectivity index (χ1) is 8.17. The third-order valence-electron chi connectivity index (χ3n) is 2.32. The molecule has 0 fully saturated rings. The molecule has 1 amide bonds. The fraction of sp³-hybridized carbons (Fsp3) is 0.727. The third-order valence-corrected chi connectivity index (χ3v) is 3.20. The average molecular weight is 256 g/mol. The number of amides is 1. The zero-order valence-electron chi connectivity index (χ0n) is 10.6. The maximum atomic E-state index is 11.8. The maximum absolute atomic E-state index is 11.8. The Balaban J connectivity index is 2.45. The van der Waals surface area contributed by atoms with Crippen LogP contribution in [0.15, 0.2) is 0 Å². The number of hydrogen-bond donors (Lipinski definition) is 2. The summed E-state index contributed by atoms with van der Waals surface area (Å²) in [6.45, 7) is 6.92. The van der Waals surface area contributed by atoms with E-state index in [9.17, 15) is 4.79 Å². The highest BCUT2D eigenvalue weighted by molar-refractivity contribution is 7.17. The summed E-state index contributed by atoms with van der Waals surface area (Å²) in [6, 6.07) is 0.189. The molecule has 0 bridgehead atoms. The smallest absolute Gasteiger partial charge is 0.282 e. The molecule has 1 aromatic heterocycles. The van der Waals surface area contributed by atoms with Crippen molar-refractivity contribution < 1.29 is 4.79 Å². The Hall–Kier alpha value is -1.17. The molecule has 1 heterocycles. The number of nitrogens with one attached hydrogen (secondary N) is 2. The van der Waals surface area contributed by atoms with Gasteiger partial charge in [-0.2, -0.15) is 0 Å². The van der Waals surface area contributed by atoms with Crippen LogP contribution in [0.2, 0.25) is 0 Å². The Morgan fingerprint density at radius 2 is 2.18 bits per heavy atom. The first-order valence-corrected chi connectivity index (χ1v) is 6.87. The van der Waals surface area contributed by atoms with E-state index in [1.54, 1.807) is 0 Å². The van der Waals surface area contributed by atoms with Gasteiger partial charge in [-0.25, -0.2) is 0 Å². The SMILES string of the molecule is CCCCC(C)NC(=O)c1nnc(NCC)s1. The number of anilines is 1. The highest BCUT2D eigenvalue weighted by Crippen LogP contribution is 2.14. The van der Waals surface area contributed by atoms with Crippen LogP contribution in [0, 0.1) is 0 Å². The third kappa shape index (κ3) is 4.68. The molecule has 2 N–H and O–H groups in total. The summed E-state index contributed by atoms with van der Waals surface area (Å²) in [4.78, 5) is 11.8. The van der Waals surface area contributed by atoms with Gasteiger partial charge in [0.1, 0.15) is 0 Å². The van der Waals surface area contributed by atoms with Crippen LogP contribution < -0.4 is 10.6 Å². The number of carbonyl (C=O) groups is 1. The summed E-state index contributed by atoms with van der Waals surface area (Å²) in [5.41, 5.74) is 0. The van der Waals surface area contributed by atoms with Gasteiger partial charge in [-0.1, -0.05) is 31.1 Å². The van der Waals surface area contributed by atoms with Crippen LogP contribution >= 0.6 is 11.3 Å². The van der Waals surface area contributed by atoms with Crippen LogP contribution in [-0.2, 0) is 0 Å². The van der Waals surface area contributed by atoms with Crippen LogP contribution in [0.3, 0.4) is 0 Å². The van der Waals surface area contributed by atoms with E-state index >= 15 is 0 Å². The summed E-state index contributed by atoms with van der Waals surface area (Å²) in [5, 5.41) is 14.8. The molecule has 0 saturated carbocycles. The quantitative estimate of drug-likeness (QED) is 0.785. The molecule has 6 heteroatoms. The zero-order valence-corrected chi connectivity index (χ0v) is 11.4. The number of carbonyl (C=O) groups excluding carboxylic acids is 1. The van der Waals surface area contributed by atoms with Gasteiger partial charge in [0.25, 0.3) is 5.91 Å². The molecule has 0 aliphatic carbocycles. The second kappa shape index (κ2) is 7.21. The Morgan fingerprint density at radius 3 is 2.82 bits per heavy atom. The Labute approximate surface area is 106 Å². The lowest BCUT2D eigenvalue weighted by Gasteiger charge is -2.11. The van der Waals surface area contributed by atoms with Gasteiger partial charge in [0, 0.05) is 12.6 Å². The number of hydrogen-bond acceptors (Lipinski definition) is 5. The minimum atomic E-state index is -0.129. The molecule has 1 aromatic rings. The molecule has 0 aliphatic rings. The van der Waals surface area contributed by atoms with Crippen LogP contribution in [0.4, 0.5) is 5.13 Å². The summed E-state index contributed by atoms with van der Waals surface area (Å²) >= 11 is 1.29. The largest absolute Gasteiger partial charge is 0.360 e. The molecule has 96 valence electrons. The molecule has 17 heavy (non-hydrogen) atoms. The van der Waals surface area contributed by atoms with Crippen LogP contribution in [-0.4, -0.2) is 28.7 Å². The topological polar surface area (TPSA) is 66.9 Å². The molecule has 0 aromatic carbocycles. The second-order valence-electron chi connectivity index (χ2n) is 3.96. The lowest BCUT2D eigenvalue weighted by atomic mass is 10.1. The standard InChI is InChI=1S/C11H20N4OS/c1-4-6-7-8(3)13-9(16)10-14-15-11(17-10)12-5-2/h8H,4-7H2,1-3H3,(H,12,15)(H,13,16).